The summed E-state index contributed by atoms with van der Waals surface area (Å²) in [7, 11) is 0. The first kappa shape index (κ1) is 17.7. The maximum Gasteiger partial charge on any atom is 0.0320 e. The lowest BCUT2D eigenvalue weighted by Gasteiger charge is -2.36. The number of nitrogens with one attached hydrogen (secondary N) is 1. The van der Waals surface area contributed by atoms with Crippen LogP contribution in [-0.2, 0) is 0 Å². The van der Waals surface area contributed by atoms with Crippen LogP contribution < -0.4 is 5.32 Å². The van der Waals surface area contributed by atoms with Gasteiger partial charge in [0.25, 0.3) is 0 Å². The summed E-state index contributed by atoms with van der Waals surface area (Å²) in [4.78, 5) is 0. The lowest BCUT2D eigenvalue weighted by molar-refractivity contribution is 0.433. The molecule has 1 aliphatic heterocycles. The van der Waals surface area contributed by atoms with Gasteiger partial charge in [-0.2, -0.15) is 23.5 Å². The van der Waals surface area contributed by atoms with Crippen LogP contribution in [0.5, 0.6) is 0 Å². The van der Waals surface area contributed by atoms with Crippen molar-refractivity contribution in [3.63, 3.8) is 0 Å². The van der Waals surface area contributed by atoms with Gasteiger partial charge in [-0.3, -0.25) is 0 Å². The van der Waals surface area contributed by atoms with Crippen LogP contribution in [0.4, 0.5) is 0 Å². The van der Waals surface area contributed by atoms with Crippen LogP contribution in [0.3, 0.4) is 0 Å². The molecule has 1 fully saturated rings. The average molecular weight is 304 g/mol. The molecule has 0 aliphatic carbocycles. The zero-order valence-corrected chi connectivity index (χ0v) is 14.8. The Hall–Kier alpha value is 0.660. The van der Waals surface area contributed by atoms with E-state index in [1.165, 1.54) is 63.0 Å². The minimum Gasteiger partial charge on any atom is -0.313 e. The Morgan fingerprint density at radius 2 is 1.79 bits per heavy atom. The zero-order valence-electron chi connectivity index (χ0n) is 13.1. The smallest absolute Gasteiger partial charge is 0.0320 e. The standard InChI is InChI=1S/C16H33NS2/c1-4-7-8-9-10-14(17-11-5-2)16-15(6-3)18-12-13-19-16/h14-17H,4-13H2,1-3H3. The number of hydrogen-bond donors (Lipinski definition) is 1. The Labute approximate surface area is 129 Å². The molecule has 0 bridgehead atoms. The maximum atomic E-state index is 3.85. The van der Waals surface area contributed by atoms with Gasteiger partial charge in [-0.1, -0.05) is 46.5 Å². The van der Waals surface area contributed by atoms with Crippen molar-refractivity contribution in [2.24, 2.45) is 0 Å². The average Bonchev–Trinajstić information content (AvgIpc) is 2.46. The molecule has 0 aromatic carbocycles. The topological polar surface area (TPSA) is 12.0 Å². The van der Waals surface area contributed by atoms with Gasteiger partial charge in [0, 0.05) is 28.0 Å². The van der Waals surface area contributed by atoms with E-state index in [4.69, 9.17) is 0 Å². The third-order valence-corrected chi connectivity index (χ3v) is 7.32. The molecule has 3 unspecified atom stereocenters. The van der Waals surface area contributed by atoms with Gasteiger partial charge in [0.1, 0.15) is 0 Å². The van der Waals surface area contributed by atoms with Crippen LogP contribution in [0.1, 0.15) is 65.7 Å². The van der Waals surface area contributed by atoms with E-state index in [9.17, 15) is 0 Å². The molecule has 1 saturated heterocycles. The summed E-state index contributed by atoms with van der Waals surface area (Å²) >= 11 is 4.45. The Morgan fingerprint density at radius 1 is 1.00 bits per heavy atom. The molecule has 0 amide bonds. The van der Waals surface area contributed by atoms with Crippen molar-refractivity contribution in [1.29, 1.82) is 0 Å². The van der Waals surface area contributed by atoms with Gasteiger partial charge in [-0.15, -0.1) is 0 Å². The van der Waals surface area contributed by atoms with Crippen LogP contribution >= 0.6 is 23.5 Å². The second-order valence-electron chi connectivity index (χ2n) is 5.56. The Morgan fingerprint density at radius 3 is 2.47 bits per heavy atom. The summed E-state index contributed by atoms with van der Waals surface area (Å²) in [5, 5.41) is 5.56. The van der Waals surface area contributed by atoms with E-state index in [0.717, 1.165) is 16.5 Å². The molecular formula is C16H33NS2. The molecule has 3 heteroatoms. The van der Waals surface area contributed by atoms with Gasteiger partial charge >= 0.3 is 0 Å². The van der Waals surface area contributed by atoms with Gasteiger partial charge in [0.15, 0.2) is 0 Å². The van der Waals surface area contributed by atoms with Crippen molar-refractivity contribution < 1.29 is 0 Å². The molecular weight excluding hydrogens is 270 g/mol. The SMILES string of the molecule is CCCCCCC(NCCC)C1SCCSC1CC. The lowest BCUT2D eigenvalue weighted by Crippen LogP contribution is -2.45. The first-order valence-corrected chi connectivity index (χ1v) is 10.4. The highest BCUT2D eigenvalue weighted by atomic mass is 32.2. The number of thioether (sulfide) groups is 2. The van der Waals surface area contributed by atoms with Gasteiger partial charge in [0.05, 0.1) is 0 Å². The van der Waals surface area contributed by atoms with Crippen LogP contribution in [0, 0.1) is 0 Å². The monoisotopic (exact) mass is 303 g/mol. The highest BCUT2D eigenvalue weighted by Crippen LogP contribution is 2.36. The number of rotatable bonds is 10. The molecule has 0 aromatic heterocycles. The fourth-order valence-corrected chi connectivity index (χ4v) is 6.12. The second-order valence-corrected chi connectivity index (χ2v) is 8.20. The molecule has 19 heavy (non-hydrogen) atoms. The highest BCUT2D eigenvalue weighted by Gasteiger charge is 2.31. The van der Waals surface area contributed by atoms with E-state index in [0.29, 0.717) is 0 Å². The summed E-state index contributed by atoms with van der Waals surface area (Å²) in [5.41, 5.74) is 0. The fourth-order valence-electron chi connectivity index (χ4n) is 2.81. The van der Waals surface area contributed by atoms with Gasteiger partial charge in [-0.05, 0) is 25.8 Å². The fraction of sp³-hybridized carbons (Fsp3) is 1.00. The lowest BCUT2D eigenvalue weighted by atomic mass is 10.0. The van der Waals surface area contributed by atoms with Crippen molar-refractivity contribution >= 4 is 23.5 Å². The van der Waals surface area contributed by atoms with Crippen molar-refractivity contribution in [3.05, 3.63) is 0 Å². The van der Waals surface area contributed by atoms with E-state index >= 15 is 0 Å². The molecule has 1 N–H and O–H groups in total. The predicted octanol–water partition coefficient (Wildman–Crippen LogP) is 4.95. The zero-order chi connectivity index (χ0) is 13.9. The summed E-state index contributed by atoms with van der Waals surface area (Å²) in [6, 6.07) is 0.750. The normalized spacial score (nSPS) is 25.4. The van der Waals surface area contributed by atoms with Crippen molar-refractivity contribution in [2.75, 3.05) is 18.1 Å². The summed E-state index contributed by atoms with van der Waals surface area (Å²) in [6.07, 6.45) is 9.56. The van der Waals surface area contributed by atoms with Crippen LogP contribution in [0.25, 0.3) is 0 Å². The van der Waals surface area contributed by atoms with Crippen LogP contribution in [0.2, 0.25) is 0 Å². The van der Waals surface area contributed by atoms with E-state index in [1.807, 2.05) is 0 Å². The molecule has 0 radical (unpaired) electrons. The summed E-state index contributed by atoms with van der Waals surface area (Å²) in [6.45, 7) is 8.13. The van der Waals surface area contributed by atoms with Crippen LogP contribution in [-0.4, -0.2) is 34.6 Å². The molecule has 3 atom stereocenters. The van der Waals surface area contributed by atoms with E-state index in [1.54, 1.807) is 0 Å². The highest BCUT2D eigenvalue weighted by molar-refractivity contribution is 8.07. The molecule has 1 nitrogen and oxygen atoms in total. The van der Waals surface area contributed by atoms with Crippen molar-refractivity contribution in [3.8, 4) is 0 Å². The number of hydrogen-bond acceptors (Lipinski definition) is 3. The summed E-state index contributed by atoms with van der Waals surface area (Å²) in [5.74, 6) is 2.71. The van der Waals surface area contributed by atoms with E-state index in [-0.39, 0.29) is 0 Å². The van der Waals surface area contributed by atoms with Gasteiger partial charge < -0.3 is 5.32 Å². The number of unbranched alkanes of at least 4 members (excludes halogenated alkanes) is 3. The first-order chi connectivity index (χ1) is 9.33. The third-order valence-electron chi connectivity index (χ3n) is 3.92. The Bertz CT molecular complexity index is 211. The largest absolute Gasteiger partial charge is 0.313 e. The van der Waals surface area contributed by atoms with Gasteiger partial charge in [0.2, 0.25) is 0 Å². The molecule has 1 heterocycles. The van der Waals surface area contributed by atoms with E-state index < -0.39 is 0 Å². The molecule has 1 aliphatic rings. The third kappa shape index (κ3) is 6.77. The predicted molar refractivity (Wildman–Crippen MR) is 93.6 cm³/mol. The summed E-state index contributed by atoms with van der Waals surface area (Å²) < 4.78 is 0. The van der Waals surface area contributed by atoms with Crippen molar-refractivity contribution in [1.82, 2.24) is 5.32 Å². The minimum atomic E-state index is 0.750. The second kappa shape index (κ2) is 11.3. The molecule has 0 aromatic rings. The molecule has 0 saturated carbocycles. The molecule has 1 rings (SSSR count). The quantitative estimate of drug-likeness (QED) is 0.573. The molecule has 114 valence electrons. The van der Waals surface area contributed by atoms with E-state index in [2.05, 4.69) is 49.6 Å². The maximum absolute atomic E-state index is 3.85. The van der Waals surface area contributed by atoms with Crippen LogP contribution in [0.15, 0.2) is 0 Å². The van der Waals surface area contributed by atoms with Crippen molar-refractivity contribution in [2.45, 2.75) is 82.3 Å². The first-order valence-electron chi connectivity index (χ1n) is 8.30. The Balaban J connectivity index is 2.44. The molecule has 0 spiro atoms. The Kier molecular flexibility index (Phi) is 10.6. The van der Waals surface area contributed by atoms with Gasteiger partial charge in [-0.25, -0.2) is 0 Å². The minimum absolute atomic E-state index is 0.750.